The lowest BCUT2D eigenvalue weighted by Crippen LogP contribution is -2.26. The Kier molecular flexibility index (Phi) is 5.35. The Morgan fingerprint density at radius 1 is 1.23 bits per heavy atom. The van der Waals surface area contributed by atoms with Gasteiger partial charge in [0, 0.05) is 31.4 Å². The highest BCUT2D eigenvalue weighted by Crippen LogP contribution is 2.18. The summed E-state index contributed by atoms with van der Waals surface area (Å²) in [6.07, 6.45) is 0. The topological polar surface area (TPSA) is 65.7 Å². The third-order valence-electron chi connectivity index (χ3n) is 3.68. The van der Waals surface area contributed by atoms with Crippen LogP contribution in [0.25, 0.3) is 0 Å². The van der Waals surface area contributed by atoms with Gasteiger partial charge >= 0.3 is 0 Å². The molecule has 0 saturated carbocycles. The van der Waals surface area contributed by atoms with Crippen molar-refractivity contribution >= 4 is 0 Å². The molecule has 0 atom stereocenters. The second kappa shape index (κ2) is 7.24. The molecule has 2 rings (SSSR count). The van der Waals surface area contributed by atoms with E-state index >= 15 is 0 Å². The molecular weight excluding hydrogens is 280 g/mol. The Labute approximate surface area is 130 Å². The molecule has 1 aromatic carbocycles. The average Bonchev–Trinajstić information content (AvgIpc) is 2.50. The van der Waals surface area contributed by atoms with Gasteiger partial charge in [-0.1, -0.05) is 30.3 Å². The number of pyridine rings is 1. The van der Waals surface area contributed by atoms with Crippen LogP contribution in [0.4, 0.5) is 0 Å². The van der Waals surface area contributed by atoms with E-state index in [1.54, 1.807) is 0 Å². The number of rotatable bonds is 6. The van der Waals surface area contributed by atoms with Gasteiger partial charge in [-0.15, -0.1) is 0 Å². The molecule has 0 amide bonds. The normalized spacial score (nSPS) is 11.1. The minimum Gasteiger partial charge on any atom is -0.503 e. The summed E-state index contributed by atoms with van der Waals surface area (Å²) >= 11 is 0. The molecule has 2 N–H and O–H groups in total. The van der Waals surface area contributed by atoms with E-state index in [2.05, 4.69) is 0 Å². The van der Waals surface area contributed by atoms with Crippen molar-refractivity contribution in [2.45, 2.75) is 20.0 Å². The highest BCUT2D eigenvalue weighted by atomic mass is 16.3. The molecular formula is C17H22N2O3. The molecule has 0 spiro atoms. The molecule has 0 fully saturated rings. The first-order valence-corrected chi connectivity index (χ1v) is 7.28. The highest BCUT2D eigenvalue weighted by Gasteiger charge is 2.15. The van der Waals surface area contributed by atoms with Crippen LogP contribution in [0.5, 0.6) is 5.75 Å². The van der Waals surface area contributed by atoms with Crippen molar-refractivity contribution in [2.75, 3.05) is 20.2 Å². The number of likely N-dealkylation sites (N-methyl/N-ethyl adjacent to an activating group) is 1. The standard InChI is InChI=1S/C17H22N2O3/c1-13-10-16(21)17(22)15(12-18(2)8-9-20)19(13)11-14-6-4-3-5-7-14/h3-7,10,20,22H,8-9,11-12H2,1-2H3. The molecule has 0 saturated heterocycles. The van der Waals surface area contributed by atoms with Crippen LogP contribution in [-0.4, -0.2) is 39.9 Å². The lowest BCUT2D eigenvalue weighted by Gasteiger charge is -2.22. The molecule has 22 heavy (non-hydrogen) atoms. The maximum atomic E-state index is 11.9. The summed E-state index contributed by atoms with van der Waals surface area (Å²) in [6, 6.07) is 11.4. The van der Waals surface area contributed by atoms with Crippen LogP contribution in [0, 0.1) is 6.92 Å². The van der Waals surface area contributed by atoms with Crippen LogP contribution in [0.2, 0.25) is 0 Å². The second-order valence-corrected chi connectivity index (χ2v) is 5.48. The summed E-state index contributed by atoms with van der Waals surface area (Å²) in [5, 5.41) is 19.2. The Morgan fingerprint density at radius 2 is 1.91 bits per heavy atom. The number of aromatic hydroxyl groups is 1. The summed E-state index contributed by atoms with van der Waals surface area (Å²) in [6.45, 7) is 3.36. The zero-order valence-electron chi connectivity index (χ0n) is 13.0. The van der Waals surface area contributed by atoms with E-state index in [-0.39, 0.29) is 17.8 Å². The first-order valence-electron chi connectivity index (χ1n) is 7.28. The van der Waals surface area contributed by atoms with Gasteiger partial charge in [0.2, 0.25) is 5.43 Å². The van der Waals surface area contributed by atoms with E-state index in [4.69, 9.17) is 5.11 Å². The molecule has 1 heterocycles. The van der Waals surface area contributed by atoms with Crippen molar-refractivity contribution in [3.8, 4) is 5.75 Å². The maximum Gasteiger partial charge on any atom is 0.223 e. The molecule has 5 heteroatoms. The molecule has 0 aliphatic rings. The van der Waals surface area contributed by atoms with Gasteiger partial charge in [-0.3, -0.25) is 9.69 Å². The summed E-state index contributed by atoms with van der Waals surface area (Å²) in [7, 11) is 1.84. The van der Waals surface area contributed by atoms with Gasteiger partial charge in [0.1, 0.15) is 0 Å². The number of aliphatic hydroxyl groups is 1. The SMILES string of the molecule is Cc1cc(=O)c(O)c(CN(C)CCO)n1Cc1ccccc1. The fraction of sp³-hybridized carbons (Fsp3) is 0.353. The monoisotopic (exact) mass is 302 g/mol. The van der Waals surface area contributed by atoms with Crippen molar-refractivity contribution in [3.05, 3.63) is 63.6 Å². The van der Waals surface area contributed by atoms with Gasteiger partial charge < -0.3 is 14.8 Å². The number of nitrogens with zero attached hydrogens (tertiary/aromatic N) is 2. The highest BCUT2D eigenvalue weighted by molar-refractivity contribution is 5.31. The lowest BCUT2D eigenvalue weighted by molar-refractivity contribution is 0.212. The van der Waals surface area contributed by atoms with Crippen LogP contribution >= 0.6 is 0 Å². The van der Waals surface area contributed by atoms with Gasteiger partial charge in [0.15, 0.2) is 5.75 Å². The molecule has 5 nitrogen and oxygen atoms in total. The van der Waals surface area contributed by atoms with Gasteiger partial charge in [0.05, 0.1) is 12.3 Å². The fourth-order valence-electron chi connectivity index (χ4n) is 2.47. The number of hydrogen-bond donors (Lipinski definition) is 2. The zero-order chi connectivity index (χ0) is 16.1. The van der Waals surface area contributed by atoms with Crippen LogP contribution in [0.1, 0.15) is 17.0 Å². The summed E-state index contributed by atoms with van der Waals surface area (Å²) in [5.74, 6) is -0.216. The number of aliphatic hydroxyl groups excluding tert-OH is 1. The first-order chi connectivity index (χ1) is 10.5. The van der Waals surface area contributed by atoms with E-state index in [1.165, 1.54) is 6.07 Å². The fourth-order valence-corrected chi connectivity index (χ4v) is 2.47. The Bertz CT molecular complexity index is 680. The molecule has 0 radical (unpaired) electrons. The molecule has 118 valence electrons. The van der Waals surface area contributed by atoms with E-state index in [0.29, 0.717) is 25.3 Å². The molecule has 0 aliphatic carbocycles. The van der Waals surface area contributed by atoms with Gasteiger partial charge in [0.25, 0.3) is 0 Å². The van der Waals surface area contributed by atoms with Crippen LogP contribution < -0.4 is 5.43 Å². The van der Waals surface area contributed by atoms with Crippen molar-refractivity contribution in [3.63, 3.8) is 0 Å². The quantitative estimate of drug-likeness (QED) is 0.845. The molecule has 0 bridgehead atoms. The largest absolute Gasteiger partial charge is 0.503 e. The molecule has 1 aromatic heterocycles. The lowest BCUT2D eigenvalue weighted by atomic mass is 10.2. The van der Waals surface area contributed by atoms with Crippen molar-refractivity contribution in [1.29, 1.82) is 0 Å². The zero-order valence-corrected chi connectivity index (χ0v) is 13.0. The maximum absolute atomic E-state index is 11.9. The Morgan fingerprint density at radius 3 is 2.55 bits per heavy atom. The van der Waals surface area contributed by atoms with Gasteiger partial charge in [-0.05, 0) is 19.5 Å². The van der Waals surface area contributed by atoms with Gasteiger partial charge in [-0.2, -0.15) is 0 Å². The van der Waals surface area contributed by atoms with Crippen molar-refractivity contribution < 1.29 is 10.2 Å². The summed E-state index contributed by atoms with van der Waals surface area (Å²) in [4.78, 5) is 13.7. The first kappa shape index (κ1) is 16.3. The van der Waals surface area contributed by atoms with E-state index in [9.17, 15) is 9.90 Å². The summed E-state index contributed by atoms with van der Waals surface area (Å²) < 4.78 is 1.94. The number of benzene rings is 1. The van der Waals surface area contributed by atoms with E-state index in [0.717, 1.165) is 11.3 Å². The third kappa shape index (κ3) is 3.75. The van der Waals surface area contributed by atoms with Gasteiger partial charge in [-0.25, -0.2) is 0 Å². The molecule has 0 aliphatic heterocycles. The number of aryl methyl sites for hydroxylation is 1. The molecule has 0 unspecified atom stereocenters. The van der Waals surface area contributed by atoms with Crippen molar-refractivity contribution in [1.82, 2.24) is 9.47 Å². The van der Waals surface area contributed by atoms with Crippen molar-refractivity contribution in [2.24, 2.45) is 0 Å². The number of hydrogen-bond acceptors (Lipinski definition) is 4. The number of aromatic nitrogens is 1. The minimum atomic E-state index is -0.366. The molecule has 2 aromatic rings. The smallest absolute Gasteiger partial charge is 0.223 e. The average molecular weight is 302 g/mol. The predicted molar refractivity (Wildman–Crippen MR) is 86.1 cm³/mol. The summed E-state index contributed by atoms with van der Waals surface area (Å²) in [5.41, 5.74) is 2.11. The Hall–Kier alpha value is -2.11. The minimum absolute atomic E-state index is 0.0337. The van der Waals surface area contributed by atoms with Crippen LogP contribution in [0.15, 0.2) is 41.2 Å². The second-order valence-electron chi connectivity index (χ2n) is 5.48. The predicted octanol–water partition coefficient (Wildman–Crippen LogP) is 1.33. The van der Waals surface area contributed by atoms with Crippen LogP contribution in [-0.2, 0) is 13.1 Å². The van der Waals surface area contributed by atoms with Crippen LogP contribution in [0.3, 0.4) is 0 Å². The van der Waals surface area contributed by atoms with E-state index in [1.807, 2.05) is 53.8 Å². The third-order valence-corrected chi connectivity index (χ3v) is 3.68. The Balaban J connectivity index is 2.42. The van der Waals surface area contributed by atoms with E-state index < -0.39 is 0 Å².